The third-order valence-corrected chi connectivity index (χ3v) is 3.99. The van der Waals surface area contributed by atoms with Crippen molar-refractivity contribution in [3.63, 3.8) is 0 Å². The Balaban J connectivity index is 1.65. The van der Waals surface area contributed by atoms with Gasteiger partial charge in [-0.1, -0.05) is 42.5 Å². The maximum Gasteiger partial charge on any atom is 0.224 e. The number of methoxy groups -OCH3 is 1. The third kappa shape index (κ3) is 3.23. The van der Waals surface area contributed by atoms with Crippen LogP contribution in [0.3, 0.4) is 0 Å². The smallest absolute Gasteiger partial charge is 0.224 e. The molecule has 4 heteroatoms. The molecule has 2 aromatic carbocycles. The molecule has 0 saturated carbocycles. The fourth-order valence-electron chi connectivity index (χ4n) is 2.84. The molecule has 110 valence electrons. The largest absolute Gasteiger partial charge is 0.378 e. The zero-order valence-electron chi connectivity index (χ0n) is 12.1. The van der Waals surface area contributed by atoms with E-state index >= 15 is 0 Å². The lowest BCUT2D eigenvalue weighted by Crippen LogP contribution is -2.44. The highest BCUT2D eigenvalue weighted by Gasteiger charge is 2.27. The lowest BCUT2D eigenvalue weighted by Gasteiger charge is -2.18. The Bertz CT molecular complexity index is 641. The molecule has 2 N–H and O–H groups in total. The maximum atomic E-state index is 12.2. The predicted octanol–water partition coefficient (Wildman–Crippen LogP) is 1.49. The topological polar surface area (TPSA) is 50.4 Å². The van der Waals surface area contributed by atoms with Crippen molar-refractivity contribution in [2.75, 3.05) is 20.2 Å². The van der Waals surface area contributed by atoms with Gasteiger partial charge in [0.15, 0.2) is 0 Å². The Morgan fingerprint density at radius 1 is 1.24 bits per heavy atom. The van der Waals surface area contributed by atoms with Crippen molar-refractivity contribution in [3.8, 4) is 0 Å². The summed E-state index contributed by atoms with van der Waals surface area (Å²) in [7, 11) is 1.68. The number of carbonyl (C=O) groups is 1. The van der Waals surface area contributed by atoms with Crippen LogP contribution in [0.15, 0.2) is 42.5 Å². The van der Waals surface area contributed by atoms with Crippen molar-refractivity contribution in [3.05, 3.63) is 48.0 Å². The van der Waals surface area contributed by atoms with Gasteiger partial charge in [-0.3, -0.25) is 4.79 Å². The van der Waals surface area contributed by atoms with E-state index < -0.39 is 0 Å². The SMILES string of the molecule is CO[C@H]1CNCC1NC(=O)Cc1ccc2ccccc2c1. The van der Waals surface area contributed by atoms with E-state index in [2.05, 4.69) is 34.9 Å². The first-order valence-electron chi connectivity index (χ1n) is 7.27. The van der Waals surface area contributed by atoms with Crippen molar-refractivity contribution in [1.29, 1.82) is 0 Å². The second-order valence-electron chi connectivity index (χ2n) is 5.46. The number of carbonyl (C=O) groups excluding carboxylic acids is 1. The van der Waals surface area contributed by atoms with Crippen LogP contribution in [0, 0.1) is 0 Å². The number of hydrogen-bond acceptors (Lipinski definition) is 3. The number of benzene rings is 2. The fourth-order valence-corrected chi connectivity index (χ4v) is 2.84. The molecule has 1 aliphatic heterocycles. The number of fused-ring (bicyclic) bond motifs is 1. The molecular formula is C17H20N2O2. The van der Waals surface area contributed by atoms with Crippen molar-refractivity contribution < 1.29 is 9.53 Å². The number of amides is 1. The summed E-state index contributed by atoms with van der Waals surface area (Å²) in [6, 6.07) is 14.4. The third-order valence-electron chi connectivity index (χ3n) is 3.99. The van der Waals surface area contributed by atoms with Crippen LogP contribution in [-0.4, -0.2) is 38.3 Å². The van der Waals surface area contributed by atoms with E-state index in [-0.39, 0.29) is 18.1 Å². The van der Waals surface area contributed by atoms with Gasteiger partial charge in [0.1, 0.15) is 0 Å². The minimum absolute atomic E-state index is 0.0426. The van der Waals surface area contributed by atoms with E-state index in [0.29, 0.717) is 6.42 Å². The van der Waals surface area contributed by atoms with Gasteiger partial charge in [-0.25, -0.2) is 0 Å². The molecule has 0 spiro atoms. The van der Waals surface area contributed by atoms with E-state index in [0.717, 1.165) is 18.7 Å². The van der Waals surface area contributed by atoms with Gasteiger partial charge in [0.05, 0.1) is 18.6 Å². The van der Waals surface area contributed by atoms with Gasteiger partial charge in [-0.2, -0.15) is 0 Å². The molecule has 1 aliphatic rings. The van der Waals surface area contributed by atoms with Crippen molar-refractivity contribution in [1.82, 2.24) is 10.6 Å². The quantitative estimate of drug-likeness (QED) is 0.894. The predicted molar refractivity (Wildman–Crippen MR) is 83.2 cm³/mol. The number of ether oxygens (including phenoxy) is 1. The minimum atomic E-state index is 0.0426. The van der Waals surface area contributed by atoms with Gasteiger partial charge in [-0.15, -0.1) is 0 Å². The van der Waals surface area contributed by atoms with Crippen LogP contribution in [0.2, 0.25) is 0 Å². The van der Waals surface area contributed by atoms with Crippen molar-refractivity contribution >= 4 is 16.7 Å². The van der Waals surface area contributed by atoms with Gasteiger partial charge < -0.3 is 15.4 Å². The molecule has 21 heavy (non-hydrogen) atoms. The van der Waals surface area contributed by atoms with Crippen molar-refractivity contribution in [2.24, 2.45) is 0 Å². The zero-order valence-corrected chi connectivity index (χ0v) is 12.1. The molecule has 1 saturated heterocycles. The highest BCUT2D eigenvalue weighted by molar-refractivity contribution is 5.85. The van der Waals surface area contributed by atoms with Crippen LogP contribution in [-0.2, 0) is 16.0 Å². The second kappa shape index (κ2) is 6.24. The Morgan fingerprint density at radius 2 is 2.05 bits per heavy atom. The van der Waals surface area contributed by atoms with Crippen molar-refractivity contribution in [2.45, 2.75) is 18.6 Å². The molecule has 0 radical (unpaired) electrons. The molecule has 2 atom stereocenters. The summed E-state index contributed by atoms with van der Waals surface area (Å²) in [6.45, 7) is 1.55. The Labute approximate surface area is 124 Å². The van der Waals surface area contributed by atoms with Gasteiger partial charge >= 0.3 is 0 Å². The van der Waals surface area contributed by atoms with Crippen LogP contribution >= 0.6 is 0 Å². The molecule has 0 bridgehead atoms. The molecule has 3 rings (SSSR count). The lowest BCUT2D eigenvalue weighted by molar-refractivity contribution is -0.121. The zero-order chi connectivity index (χ0) is 14.7. The van der Waals surface area contributed by atoms with E-state index in [1.165, 1.54) is 10.8 Å². The number of nitrogens with one attached hydrogen (secondary N) is 2. The molecule has 2 aromatic rings. The summed E-state index contributed by atoms with van der Waals surface area (Å²) in [5, 5.41) is 8.64. The number of hydrogen-bond donors (Lipinski definition) is 2. The number of rotatable bonds is 4. The van der Waals surface area contributed by atoms with E-state index in [9.17, 15) is 4.79 Å². The molecule has 1 unspecified atom stereocenters. The maximum absolute atomic E-state index is 12.2. The van der Waals surface area contributed by atoms with Crippen LogP contribution in [0.5, 0.6) is 0 Å². The van der Waals surface area contributed by atoms with Gasteiger partial charge in [0.2, 0.25) is 5.91 Å². The van der Waals surface area contributed by atoms with Gasteiger partial charge in [0.25, 0.3) is 0 Å². The summed E-state index contributed by atoms with van der Waals surface area (Å²) in [4.78, 5) is 12.2. The second-order valence-corrected chi connectivity index (χ2v) is 5.46. The van der Waals surface area contributed by atoms with E-state index in [1.54, 1.807) is 7.11 Å². The first-order chi connectivity index (χ1) is 10.3. The highest BCUT2D eigenvalue weighted by atomic mass is 16.5. The lowest BCUT2D eigenvalue weighted by atomic mass is 10.0. The van der Waals surface area contributed by atoms with Gasteiger partial charge in [-0.05, 0) is 16.3 Å². The first kappa shape index (κ1) is 14.0. The highest BCUT2D eigenvalue weighted by Crippen LogP contribution is 2.16. The molecule has 1 amide bonds. The minimum Gasteiger partial charge on any atom is -0.378 e. The molecular weight excluding hydrogens is 264 g/mol. The summed E-state index contributed by atoms with van der Waals surface area (Å²) in [6.07, 6.45) is 0.461. The average molecular weight is 284 g/mol. The normalized spacial score (nSPS) is 21.6. The fraction of sp³-hybridized carbons (Fsp3) is 0.353. The summed E-state index contributed by atoms with van der Waals surface area (Å²) in [5.41, 5.74) is 1.03. The summed E-state index contributed by atoms with van der Waals surface area (Å²) in [5.74, 6) is 0.0426. The van der Waals surface area contributed by atoms with E-state index in [4.69, 9.17) is 4.74 Å². The molecule has 1 fully saturated rings. The summed E-state index contributed by atoms with van der Waals surface area (Å²) < 4.78 is 5.36. The molecule has 1 heterocycles. The Morgan fingerprint density at radius 3 is 2.86 bits per heavy atom. The van der Waals surface area contributed by atoms with Crippen LogP contribution in [0.4, 0.5) is 0 Å². The molecule has 0 aromatic heterocycles. The molecule has 4 nitrogen and oxygen atoms in total. The Kier molecular flexibility index (Phi) is 4.18. The molecule has 0 aliphatic carbocycles. The van der Waals surface area contributed by atoms with E-state index in [1.807, 2.05) is 18.2 Å². The first-order valence-corrected chi connectivity index (χ1v) is 7.27. The van der Waals surface area contributed by atoms with Gasteiger partial charge in [0, 0.05) is 20.2 Å². The van der Waals surface area contributed by atoms with Crippen LogP contribution in [0.1, 0.15) is 5.56 Å². The monoisotopic (exact) mass is 284 g/mol. The average Bonchev–Trinajstić information content (AvgIpc) is 2.94. The van der Waals surface area contributed by atoms with Crippen LogP contribution in [0.25, 0.3) is 10.8 Å². The van der Waals surface area contributed by atoms with Crippen LogP contribution < -0.4 is 10.6 Å². The summed E-state index contributed by atoms with van der Waals surface area (Å²) >= 11 is 0. The standard InChI is InChI=1S/C17H20N2O2/c1-21-16-11-18-10-15(16)19-17(20)9-12-6-7-13-4-2-3-5-14(13)8-12/h2-8,15-16,18H,9-11H2,1H3,(H,19,20)/t15?,16-/m0/s1. The Hall–Kier alpha value is -1.91.